The Morgan fingerprint density at radius 1 is 1.04 bits per heavy atom. The van der Waals surface area contributed by atoms with Gasteiger partial charge in [0, 0.05) is 19.4 Å². The molecule has 0 aliphatic heterocycles. The number of carboxylic acid groups (broad SMARTS) is 1. The lowest BCUT2D eigenvalue weighted by Gasteiger charge is -2.13. The Kier molecular flexibility index (Phi) is 6.63. The van der Waals surface area contributed by atoms with Gasteiger partial charge in [-0.25, -0.2) is 4.79 Å². The Bertz CT molecular complexity index is 593. The molecule has 23 heavy (non-hydrogen) atoms. The van der Waals surface area contributed by atoms with Crippen LogP contribution in [0.4, 0.5) is 0 Å². The van der Waals surface area contributed by atoms with Crippen molar-refractivity contribution < 1.29 is 19.4 Å². The summed E-state index contributed by atoms with van der Waals surface area (Å²) >= 11 is 0. The van der Waals surface area contributed by atoms with Gasteiger partial charge in [0.25, 0.3) is 0 Å². The second kappa shape index (κ2) is 8.96. The average Bonchev–Trinajstić information content (AvgIpc) is 2.57. The van der Waals surface area contributed by atoms with Crippen LogP contribution in [0.1, 0.15) is 18.1 Å². The van der Waals surface area contributed by atoms with Crippen LogP contribution < -0.4 is 4.74 Å². The summed E-state index contributed by atoms with van der Waals surface area (Å²) in [5, 5.41) is 9.09. The van der Waals surface area contributed by atoms with E-state index < -0.39 is 12.1 Å². The highest BCUT2D eigenvalue weighted by molar-refractivity contribution is 5.72. The first-order valence-electron chi connectivity index (χ1n) is 7.79. The van der Waals surface area contributed by atoms with Crippen LogP contribution in [0.3, 0.4) is 0 Å². The number of rotatable bonds is 9. The highest BCUT2D eigenvalue weighted by atomic mass is 16.5. The van der Waals surface area contributed by atoms with Crippen molar-refractivity contribution in [2.75, 3.05) is 13.2 Å². The van der Waals surface area contributed by atoms with Crippen molar-refractivity contribution in [2.45, 2.75) is 25.9 Å². The van der Waals surface area contributed by atoms with Crippen molar-refractivity contribution in [3.05, 3.63) is 65.7 Å². The van der Waals surface area contributed by atoms with Crippen molar-refractivity contribution in [1.29, 1.82) is 0 Å². The molecular weight excluding hydrogens is 292 g/mol. The molecule has 0 fully saturated rings. The van der Waals surface area contributed by atoms with Gasteiger partial charge in [0.15, 0.2) is 6.10 Å². The normalized spacial score (nSPS) is 11.9. The molecule has 4 nitrogen and oxygen atoms in total. The summed E-state index contributed by atoms with van der Waals surface area (Å²) in [6.45, 7) is 2.79. The Morgan fingerprint density at radius 2 is 1.74 bits per heavy atom. The van der Waals surface area contributed by atoms with Crippen LogP contribution in [0.15, 0.2) is 54.6 Å². The average molecular weight is 314 g/mol. The van der Waals surface area contributed by atoms with Gasteiger partial charge < -0.3 is 14.6 Å². The van der Waals surface area contributed by atoms with Crippen molar-refractivity contribution in [2.24, 2.45) is 0 Å². The zero-order valence-electron chi connectivity index (χ0n) is 13.3. The smallest absolute Gasteiger partial charge is 0.333 e. The molecular formula is C19H22O4. The van der Waals surface area contributed by atoms with Gasteiger partial charge >= 0.3 is 5.97 Å². The third-order valence-corrected chi connectivity index (χ3v) is 3.49. The van der Waals surface area contributed by atoms with Crippen molar-refractivity contribution in [3.63, 3.8) is 0 Å². The van der Waals surface area contributed by atoms with E-state index in [1.54, 1.807) is 6.92 Å². The summed E-state index contributed by atoms with van der Waals surface area (Å²) in [6, 6.07) is 17.7. The number of aliphatic carboxylic acids is 1. The van der Waals surface area contributed by atoms with Crippen LogP contribution in [0, 0.1) is 0 Å². The van der Waals surface area contributed by atoms with Crippen LogP contribution in [-0.2, 0) is 22.4 Å². The molecule has 122 valence electrons. The molecule has 0 unspecified atom stereocenters. The fraction of sp³-hybridized carbons (Fsp3) is 0.316. The highest BCUT2D eigenvalue weighted by Gasteiger charge is 2.17. The van der Waals surface area contributed by atoms with Crippen molar-refractivity contribution in [3.8, 4) is 5.75 Å². The molecule has 0 aliphatic carbocycles. The number of ether oxygens (including phenoxy) is 2. The van der Waals surface area contributed by atoms with Crippen LogP contribution in [0.25, 0.3) is 0 Å². The number of benzene rings is 2. The maximum absolute atomic E-state index is 11.1. The molecule has 0 saturated carbocycles. The lowest BCUT2D eigenvalue weighted by atomic mass is 10.1. The van der Waals surface area contributed by atoms with E-state index in [1.807, 2.05) is 42.5 Å². The van der Waals surface area contributed by atoms with E-state index >= 15 is 0 Å². The Labute approximate surface area is 136 Å². The van der Waals surface area contributed by atoms with E-state index in [1.165, 1.54) is 5.56 Å². The van der Waals surface area contributed by atoms with E-state index in [0.717, 1.165) is 17.7 Å². The molecule has 0 aromatic heterocycles. The number of hydrogen-bond donors (Lipinski definition) is 1. The summed E-state index contributed by atoms with van der Waals surface area (Å²) in [5.41, 5.74) is 2.16. The number of carboxylic acids is 1. The van der Waals surface area contributed by atoms with Crippen molar-refractivity contribution >= 4 is 5.97 Å². The lowest BCUT2D eigenvalue weighted by Crippen LogP contribution is -2.26. The van der Waals surface area contributed by atoms with Gasteiger partial charge in [-0.1, -0.05) is 42.5 Å². The van der Waals surface area contributed by atoms with E-state index in [2.05, 4.69) is 12.1 Å². The fourth-order valence-electron chi connectivity index (χ4n) is 2.29. The highest BCUT2D eigenvalue weighted by Crippen LogP contribution is 2.15. The molecule has 0 saturated heterocycles. The maximum Gasteiger partial charge on any atom is 0.333 e. The second-order valence-corrected chi connectivity index (χ2v) is 5.21. The molecule has 0 heterocycles. The Hall–Kier alpha value is -2.33. The molecule has 0 amide bonds. The van der Waals surface area contributed by atoms with Crippen LogP contribution in [-0.4, -0.2) is 30.4 Å². The zero-order chi connectivity index (χ0) is 16.5. The first kappa shape index (κ1) is 17.0. The number of carbonyl (C=O) groups is 1. The molecule has 0 bridgehead atoms. The first-order valence-corrected chi connectivity index (χ1v) is 7.79. The minimum atomic E-state index is -0.935. The van der Waals surface area contributed by atoms with E-state index in [4.69, 9.17) is 14.6 Å². The minimum Gasteiger partial charge on any atom is -0.493 e. The quantitative estimate of drug-likeness (QED) is 0.771. The Morgan fingerprint density at radius 3 is 2.35 bits per heavy atom. The van der Waals surface area contributed by atoms with E-state index in [0.29, 0.717) is 19.6 Å². The third-order valence-electron chi connectivity index (χ3n) is 3.49. The molecule has 1 atom stereocenters. The van der Waals surface area contributed by atoms with Gasteiger partial charge in [0.2, 0.25) is 0 Å². The SMILES string of the molecule is CCO[C@@H](Cc1ccc(OCCc2ccccc2)cc1)C(=O)O. The lowest BCUT2D eigenvalue weighted by molar-refractivity contribution is -0.149. The Balaban J connectivity index is 1.83. The molecule has 4 heteroatoms. The molecule has 0 aliphatic rings. The number of hydrogen-bond acceptors (Lipinski definition) is 3. The van der Waals surface area contributed by atoms with Gasteiger partial charge in [-0.3, -0.25) is 0 Å². The molecule has 0 radical (unpaired) electrons. The van der Waals surface area contributed by atoms with Crippen LogP contribution in [0.5, 0.6) is 5.75 Å². The van der Waals surface area contributed by atoms with Gasteiger partial charge in [-0.15, -0.1) is 0 Å². The zero-order valence-corrected chi connectivity index (χ0v) is 13.3. The molecule has 2 aromatic carbocycles. The van der Waals surface area contributed by atoms with Gasteiger partial charge in [0.1, 0.15) is 5.75 Å². The summed E-state index contributed by atoms with van der Waals surface area (Å²) in [7, 11) is 0. The van der Waals surface area contributed by atoms with Gasteiger partial charge in [-0.05, 0) is 30.2 Å². The molecule has 0 spiro atoms. The van der Waals surface area contributed by atoms with Gasteiger partial charge in [0.05, 0.1) is 6.61 Å². The topological polar surface area (TPSA) is 55.8 Å². The monoisotopic (exact) mass is 314 g/mol. The predicted octanol–water partition coefficient (Wildman–Crippen LogP) is 3.34. The largest absolute Gasteiger partial charge is 0.493 e. The molecule has 2 rings (SSSR count). The van der Waals surface area contributed by atoms with Gasteiger partial charge in [-0.2, -0.15) is 0 Å². The fourth-order valence-corrected chi connectivity index (χ4v) is 2.29. The predicted molar refractivity (Wildman–Crippen MR) is 88.8 cm³/mol. The molecule has 1 N–H and O–H groups in total. The minimum absolute atomic E-state index is 0.355. The van der Waals surface area contributed by atoms with Crippen LogP contribution >= 0.6 is 0 Å². The summed E-state index contributed by atoms with van der Waals surface area (Å²) in [5.74, 6) is -0.150. The summed E-state index contributed by atoms with van der Waals surface area (Å²) in [4.78, 5) is 11.1. The van der Waals surface area contributed by atoms with E-state index in [-0.39, 0.29) is 0 Å². The van der Waals surface area contributed by atoms with Crippen LogP contribution in [0.2, 0.25) is 0 Å². The second-order valence-electron chi connectivity index (χ2n) is 5.21. The first-order chi connectivity index (χ1) is 11.2. The third kappa shape index (κ3) is 5.75. The summed E-state index contributed by atoms with van der Waals surface area (Å²) < 4.78 is 10.9. The standard InChI is InChI=1S/C19H22O4/c1-2-22-18(19(20)21)14-16-8-10-17(11-9-16)23-13-12-15-6-4-3-5-7-15/h3-11,18H,2,12-14H2,1H3,(H,20,21)/t18-/m0/s1. The van der Waals surface area contributed by atoms with Crippen molar-refractivity contribution in [1.82, 2.24) is 0 Å². The summed E-state index contributed by atoms with van der Waals surface area (Å²) in [6.07, 6.45) is 0.409. The maximum atomic E-state index is 11.1. The van der Waals surface area contributed by atoms with E-state index in [9.17, 15) is 4.79 Å². The molecule has 2 aromatic rings.